The highest BCUT2D eigenvalue weighted by molar-refractivity contribution is 7.09. The summed E-state index contributed by atoms with van der Waals surface area (Å²) < 4.78 is 4.32. The summed E-state index contributed by atoms with van der Waals surface area (Å²) in [6.07, 6.45) is 6.22. The molecule has 1 aromatic heterocycles. The minimum Gasteiger partial charge on any atom is -0.357 e. The first-order chi connectivity index (χ1) is 8.35. The molecule has 0 aliphatic carbocycles. The highest BCUT2D eigenvalue weighted by Crippen LogP contribution is 2.28. The summed E-state index contributed by atoms with van der Waals surface area (Å²) in [5.41, 5.74) is 0. The molecule has 2 saturated heterocycles. The molecule has 2 aliphatic heterocycles. The maximum absolute atomic E-state index is 4.49. The lowest BCUT2D eigenvalue weighted by Crippen LogP contribution is -2.42. The van der Waals surface area contributed by atoms with Crippen LogP contribution < -0.4 is 5.32 Å². The van der Waals surface area contributed by atoms with Gasteiger partial charge in [0.25, 0.3) is 0 Å². The van der Waals surface area contributed by atoms with Gasteiger partial charge in [-0.2, -0.15) is 4.37 Å². The lowest BCUT2D eigenvalue weighted by molar-refractivity contribution is 0.188. The first kappa shape index (κ1) is 11.4. The Morgan fingerprint density at radius 2 is 2.35 bits per heavy atom. The fourth-order valence-corrected chi connectivity index (χ4v) is 3.71. The van der Waals surface area contributed by atoms with E-state index in [9.17, 15) is 0 Å². The fourth-order valence-electron chi connectivity index (χ4n) is 2.99. The Bertz CT molecular complexity index is 378. The van der Waals surface area contributed by atoms with Gasteiger partial charge in [-0.25, -0.2) is 4.98 Å². The Labute approximate surface area is 107 Å². The van der Waals surface area contributed by atoms with Crippen LogP contribution >= 0.6 is 11.5 Å². The Kier molecular flexibility index (Phi) is 3.29. The molecule has 0 unspecified atom stereocenters. The highest BCUT2D eigenvalue weighted by atomic mass is 32.1. The molecule has 17 heavy (non-hydrogen) atoms. The van der Waals surface area contributed by atoms with Crippen LogP contribution in [-0.4, -0.2) is 39.4 Å². The number of piperidine rings is 1. The lowest BCUT2D eigenvalue weighted by atomic mass is 9.98. The minimum atomic E-state index is 0.604. The van der Waals surface area contributed by atoms with Crippen molar-refractivity contribution in [3.05, 3.63) is 5.82 Å². The van der Waals surface area contributed by atoms with Crippen molar-refractivity contribution in [2.24, 2.45) is 0 Å². The summed E-state index contributed by atoms with van der Waals surface area (Å²) in [6, 6.07) is 1.42. The molecule has 0 radical (unpaired) electrons. The van der Waals surface area contributed by atoms with Crippen LogP contribution in [0.1, 0.15) is 38.4 Å². The van der Waals surface area contributed by atoms with Gasteiger partial charge in [0.2, 0.25) is 5.13 Å². The summed E-state index contributed by atoms with van der Waals surface area (Å²) in [6.45, 7) is 4.67. The number of nitrogens with zero attached hydrogens (tertiary/aromatic N) is 3. The van der Waals surface area contributed by atoms with Gasteiger partial charge in [0.1, 0.15) is 5.82 Å². The van der Waals surface area contributed by atoms with Crippen molar-refractivity contribution < 1.29 is 0 Å². The number of aromatic nitrogens is 2. The van der Waals surface area contributed by atoms with Gasteiger partial charge < -0.3 is 10.2 Å². The number of nitrogens with one attached hydrogen (secondary N) is 1. The number of hydrogen-bond donors (Lipinski definition) is 1. The molecule has 0 amide bonds. The van der Waals surface area contributed by atoms with Crippen LogP contribution in [0.15, 0.2) is 0 Å². The van der Waals surface area contributed by atoms with Gasteiger partial charge in [-0.3, -0.25) is 0 Å². The van der Waals surface area contributed by atoms with Crippen LogP contribution in [-0.2, 0) is 6.42 Å². The van der Waals surface area contributed by atoms with E-state index in [1.54, 1.807) is 0 Å². The summed E-state index contributed by atoms with van der Waals surface area (Å²) in [7, 11) is 0. The third kappa shape index (κ3) is 2.45. The van der Waals surface area contributed by atoms with Crippen molar-refractivity contribution in [2.45, 2.75) is 51.1 Å². The normalized spacial score (nSPS) is 29.2. The predicted molar refractivity (Wildman–Crippen MR) is 70.5 cm³/mol. The molecule has 2 atom stereocenters. The second kappa shape index (κ2) is 4.90. The van der Waals surface area contributed by atoms with Crippen molar-refractivity contribution in [3.63, 3.8) is 0 Å². The maximum Gasteiger partial charge on any atom is 0.202 e. The molecule has 0 bridgehead atoms. The first-order valence-electron chi connectivity index (χ1n) is 6.68. The van der Waals surface area contributed by atoms with E-state index < -0.39 is 0 Å². The van der Waals surface area contributed by atoms with Crippen molar-refractivity contribution in [2.75, 3.05) is 18.4 Å². The standard InChI is InChI=1S/C12H20N4S/c1-2-11-14-12(17-15-11)13-9-5-7-16-6-3-4-10(16)8-9/h9-10H,2-8H2,1H3,(H,13,14,15)/t9-,10-/m0/s1. The summed E-state index contributed by atoms with van der Waals surface area (Å²) in [5, 5.41) is 4.58. The van der Waals surface area contributed by atoms with Gasteiger partial charge in [-0.1, -0.05) is 6.92 Å². The smallest absolute Gasteiger partial charge is 0.202 e. The number of aryl methyl sites for hydroxylation is 1. The topological polar surface area (TPSA) is 41.1 Å². The Hall–Kier alpha value is -0.680. The number of fused-ring (bicyclic) bond motifs is 1. The Balaban J connectivity index is 1.58. The van der Waals surface area contributed by atoms with Crippen LogP contribution in [0.2, 0.25) is 0 Å². The molecule has 0 spiro atoms. The van der Waals surface area contributed by atoms with Gasteiger partial charge in [-0.15, -0.1) is 0 Å². The van der Waals surface area contributed by atoms with E-state index >= 15 is 0 Å². The van der Waals surface area contributed by atoms with E-state index in [0.717, 1.165) is 23.4 Å². The zero-order valence-electron chi connectivity index (χ0n) is 10.4. The zero-order chi connectivity index (χ0) is 11.7. The van der Waals surface area contributed by atoms with Crippen LogP contribution in [0.5, 0.6) is 0 Å². The number of anilines is 1. The molecule has 3 rings (SSSR count). The summed E-state index contributed by atoms with van der Waals surface area (Å²) >= 11 is 1.51. The monoisotopic (exact) mass is 252 g/mol. The third-order valence-corrected chi connectivity index (χ3v) is 4.62. The maximum atomic E-state index is 4.49. The van der Waals surface area contributed by atoms with Crippen molar-refractivity contribution in [1.82, 2.24) is 14.3 Å². The zero-order valence-corrected chi connectivity index (χ0v) is 11.2. The molecule has 4 nitrogen and oxygen atoms in total. The van der Waals surface area contributed by atoms with Gasteiger partial charge in [0, 0.05) is 36.6 Å². The molecule has 5 heteroatoms. The van der Waals surface area contributed by atoms with E-state index in [-0.39, 0.29) is 0 Å². The minimum absolute atomic E-state index is 0.604. The first-order valence-corrected chi connectivity index (χ1v) is 7.45. The van der Waals surface area contributed by atoms with E-state index in [2.05, 4.69) is 26.5 Å². The van der Waals surface area contributed by atoms with E-state index in [0.29, 0.717) is 6.04 Å². The number of rotatable bonds is 3. The molecular formula is C12H20N4S. The van der Waals surface area contributed by atoms with Crippen molar-refractivity contribution in [3.8, 4) is 0 Å². The largest absolute Gasteiger partial charge is 0.357 e. The third-order valence-electron chi connectivity index (χ3n) is 3.93. The van der Waals surface area contributed by atoms with Crippen LogP contribution in [0, 0.1) is 0 Å². The molecule has 1 N–H and O–H groups in total. The van der Waals surface area contributed by atoms with Crippen LogP contribution in [0.4, 0.5) is 5.13 Å². The van der Waals surface area contributed by atoms with Crippen LogP contribution in [0.3, 0.4) is 0 Å². The van der Waals surface area contributed by atoms with Crippen molar-refractivity contribution >= 4 is 16.7 Å². The molecule has 2 aliphatic rings. The average molecular weight is 252 g/mol. The molecular weight excluding hydrogens is 232 g/mol. The molecule has 0 aromatic carbocycles. The molecule has 94 valence electrons. The summed E-state index contributed by atoms with van der Waals surface area (Å²) in [5.74, 6) is 0.968. The second-order valence-corrected chi connectivity index (χ2v) is 5.82. The van der Waals surface area contributed by atoms with Gasteiger partial charge >= 0.3 is 0 Å². The molecule has 0 saturated carbocycles. The predicted octanol–water partition coefficient (Wildman–Crippen LogP) is 2.14. The quantitative estimate of drug-likeness (QED) is 0.895. The molecule has 1 aromatic rings. The second-order valence-electron chi connectivity index (χ2n) is 5.07. The van der Waals surface area contributed by atoms with Gasteiger partial charge in [0.15, 0.2) is 0 Å². The molecule has 3 heterocycles. The molecule has 2 fully saturated rings. The van der Waals surface area contributed by atoms with E-state index in [1.807, 2.05) is 0 Å². The van der Waals surface area contributed by atoms with E-state index in [4.69, 9.17) is 0 Å². The van der Waals surface area contributed by atoms with Gasteiger partial charge in [-0.05, 0) is 32.2 Å². The Morgan fingerprint density at radius 1 is 1.41 bits per heavy atom. The average Bonchev–Trinajstić information content (AvgIpc) is 2.96. The van der Waals surface area contributed by atoms with Crippen molar-refractivity contribution in [1.29, 1.82) is 0 Å². The summed E-state index contributed by atoms with van der Waals surface area (Å²) in [4.78, 5) is 7.14. The SMILES string of the molecule is CCc1nsc(N[C@H]2CCN3CCC[C@H]3C2)n1. The van der Waals surface area contributed by atoms with E-state index in [1.165, 1.54) is 50.3 Å². The van der Waals surface area contributed by atoms with Crippen LogP contribution in [0.25, 0.3) is 0 Å². The number of hydrogen-bond acceptors (Lipinski definition) is 5. The van der Waals surface area contributed by atoms with Gasteiger partial charge in [0.05, 0.1) is 0 Å². The Morgan fingerprint density at radius 3 is 3.18 bits per heavy atom. The lowest BCUT2D eigenvalue weighted by Gasteiger charge is -2.34. The fraction of sp³-hybridized carbons (Fsp3) is 0.833. The highest BCUT2D eigenvalue weighted by Gasteiger charge is 2.31.